The molecule has 3 aromatic carbocycles. The summed E-state index contributed by atoms with van der Waals surface area (Å²) in [6.45, 7) is 6.54. The van der Waals surface area contributed by atoms with Crippen LogP contribution in [-0.2, 0) is 45.7 Å². The number of nitrogens with zero attached hydrogens (tertiary/aromatic N) is 2. The van der Waals surface area contributed by atoms with Crippen LogP contribution in [0.1, 0.15) is 85.5 Å². The van der Waals surface area contributed by atoms with E-state index in [4.69, 9.17) is 4.74 Å². The van der Waals surface area contributed by atoms with Crippen molar-refractivity contribution in [2.45, 2.75) is 94.7 Å². The molecule has 0 radical (unpaired) electrons. The molecule has 1 aromatic heterocycles. The van der Waals surface area contributed by atoms with Gasteiger partial charge in [-0.15, -0.1) is 0 Å². The number of hydrogen-bond donors (Lipinski definition) is 1. The molecule has 0 spiro atoms. The van der Waals surface area contributed by atoms with Crippen LogP contribution in [0.25, 0.3) is 10.9 Å². The SMILES string of the molecule is CCc1cn2c3c(cc(C(=O)C[C@@H](Cc4ccccc4)[C@H](O)CCC4(c5cccc(C(F)(F)F)c5)CCOCC4)cc13)N(C)S(=O)(=O)C(C)(C)C2. The molecule has 2 atom stereocenters. The minimum atomic E-state index is -4.47. The molecule has 3 heterocycles. The van der Waals surface area contributed by atoms with Crippen molar-refractivity contribution in [3.8, 4) is 0 Å². The van der Waals surface area contributed by atoms with Crippen molar-refractivity contribution in [3.63, 3.8) is 0 Å². The van der Waals surface area contributed by atoms with Crippen molar-refractivity contribution in [2.75, 3.05) is 24.6 Å². The number of anilines is 1. The number of aromatic nitrogens is 1. The topological polar surface area (TPSA) is 88.8 Å². The zero-order valence-corrected chi connectivity index (χ0v) is 30.5. The van der Waals surface area contributed by atoms with E-state index >= 15 is 0 Å². The predicted molar refractivity (Wildman–Crippen MR) is 194 cm³/mol. The Hall–Kier alpha value is -3.67. The summed E-state index contributed by atoms with van der Waals surface area (Å²) in [6, 6.07) is 18.6. The highest BCUT2D eigenvalue weighted by Gasteiger charge is 2.43. The van der Waals surface area contributed by atoms with Crippen LogP contribution in [-0.4, -0.2) is 55.0 Å². The number of ether oxygens (including phenoxy) is 1. The second-order valence-corrected chi connectivity index (χ2v) is 17.5. The number of carbonyl (C=O) groups is 1. The van der Waals surface area contributed by atoms with Gasteiger partial charge in [-0.3, -0.25) is 9.10 Å². The molecule has 0 unspecified atom stereocenters. The Bertz CT molecular complexity index is 2000. The molecule has 1 fully saturated rings. The first-order valence-corrected chi connectivity index (χ1v) is 19.2. The number of aliphatic hydroxyl groups is 1. The third kappa shape index (κ3) is 7.22. The van der Waals surface area contributed by atoms with E-state index in [1.54, 1.807) is 26.0 Å². The van der Waals surface area contributed by atoms with Crippen molar-refractivity contribution in [1.29, 1.82) is 0 Å². The lowest BCUT2D eigenvalue weighted by Crippen LogP contribution is -2.44. The van der Waals surface area contributed by atoms with Crippen LogP contribution >= 0.6 is 0 Å². The summed E-state index contributed by atoms with van der Waals surface area (Å²) in [6.07, 6.45) is -0.530. The maximum Gasteiger partial charge on any atom is 0.416 e. The van der Waals surface area contributed by atoms with Crippen molar-refractivity contribution < 1.29 is 36.2 Å². The van der Waals surface area contributed by atoms with Crippen LogP contribution in [0.2, 0.25) is 0 Å². The van der Waals surface area contributed by atoms with Gasteiger partial charge < -0.3 is 14.4 Å². The van der Waals surface area contributed by atoms with Gasteiger partial charge in [-0.2, -0.15) is 13.2 Å². The predicted octanol–water partition coefficient (Wildman–Crippen LogP) is 8.10. The molecule has 51 heavy (non-hydrogen) atoms. The normalized spacial score (nSPS) is 19.4. The lowest BCUT2D eigenvalue weighted by molar-refractivity contribution is -0.137. The molecule has 0 saturated carbocycles. The molecular weight excluding hydrogens is 678 g/mol. The molecular formula is C40H47F3N2O5S. The van der Waals surface area contributed by atoms with Gasteiger partial charge in [0.2, 0.25) is 10.0 Å². The molecule has 2 aliphatic heterocycles. The first kappa shape index (κ1) is 37.1. The van der Waals surface area contributed by atoms with E-state index in [0.29, 0.717) is 62.1 Å². The molecule has 6 rings (SSSR count). The van der Waals surface area contributed by atoms with Crippen LogP contribution in [0.5, 0.6) is 0 Å². The summed E-state index contributed by atoms with van der Waals surface area (Å²) in [5.41, 5.74) is 2.84. The number of halogens is 3. The van der Waals surface area contributed by atoms with Gasteiger partial charge >= 0.3 is 6.18 Å². The average Bonchev–Trinajstić information content (AvgIpc) is 3.44. The van der Waals surface area contributed by atoms with E-state index in [1.165, 1.54) is 23.5 Å². The van der Waals surface area contributed by atoms with E-state index in [2.05, 4.69) is 0 Å². The van der Waals surface area contributed by atoms with Gasteiger partial charge in [0.1, 0.15) is 4.75 Å². The molecule has 0 aliphatic carbocycles. The number of rotatable bonds is 11. The Morgan fingerprint density at radius 3 is 2.39 bits per heavy atom. The fourth-order valence-electron chi connectivity index (χ4n) is 8.03. The van der Waals surface area contributed by atoms with E-state index in [0.717, 1.165) is 28.1 Å². The number of Topliss-reactive ketones (excluding diaryl/α,β-unsaturated/α-hetero) is 1. The molecule has 1 saturated heterocycles. The molecule has 274 valence electrons. The van der Waals surface area contributed by atoms with E-state index in [9.17, 15) is 31.5 Å². The molecule has 11 heteroatoms. The van der Waals surface area contributed by atoms with Crippen LogP contribution in [0.15, 0.2) is 72.9 Å². The number of alkyl halides is 3. The van der Waals surface area contributed by atoms with Crippen molar-refractivity contribution in [1.82, 2.24) is 4.57 Å². The van der Waals surface area contributed by atoms with Gasteiger partial charge in [-0.05, 0) is 98.6 Å². The van der Waals surface area contributed by atoms with E-state index in [1.807, 2.05) is 54.1 Å². The third-order valence-corrected chi connectivity index (χ3v) is 13.6. The number of benzene rings is 3. The minimum absolute atomic E-state index is 0.00476. The van der Waals surface area contributed by atoms with Crippen LogP contribution < -0.4 is 4.31 Å². The summed E-state index contributed by atoms with van der Waals surface area (Å²) in [7, 11) is -2.23. The van der Waals surface area contributed by atoms with Gasteiger partial charge in [0.05, 0.1) is 22.9 Å². The molecule has 2 aliphatic rings. The largest absolute Gasteiger partial charge is 0.416 e. The zero-order valence-electron chi connectivity index (χ0n) is 29.7. The molecule has 0 amide bonds. The maximum atomic E-state index is 14.3. The Kier molecular flexibility index (Phi) is 10.2. The number of ketones is 1. The highest BCUT2D eigenvalue weighted by molar-refractivity contribution is 7.94. The summed E-state index contributed by atoms with van der Waals surface area (Å²) < 4.78 is 76.3. The smallest absolute Gasteiger partial charge is 0.393 e. The molecule has 4 aromatic rings. The standard InChI is InChI=1S/C40H47F3N2O5S/c1-5-28-25-45-26-38(2,3)51(48,49)44(4)34-22-30(21-33(28)37(34)45)36(47)23-29(20-27-10-7-6-8-11-27)35(46)14-15-39(16-18-50-19-17-39)31-12-9-13-32(24-31)40(41,42)43/h6-13,21-22,24-25,29,35,46H,5,14-20,23,26H2,1-4H3/t29-,35-/m1/s1. The van der Waals surface area contributed by atoms with Gasteiger partial charge in [0, 0.05) is 50.4 Å². The van der Waals surface area contributed by atoms with Gasteiger partial charge in [-0.1, -0.05) is 55.5 Å². The number of sulfonamides is 1. The highest BCUT2D eigenvalue weighted by Crippen LogP contribution is 2.43. The number of carbonyl (C=O) groups excluding carboxylic acids is 1. The average molecular weight is 725 g/mol. The van der Waals surface area contributed by atoms with Crippen molar-refractivity contribution >= 4 is 32.4 Å². The van der Waals surface area contributed by atoms with Crippen molar-refractivity contribution in [2.24, 2.45) is 5.92 Å². The number of hydrogen-bond acceptors (Lipinski definition) is 5. The first-order valence-electron chi connectivity index (χ1n) is 17.7. The fraction of sp³-hybridized carbons (Fsp3) is 0.475. The maximum absolute atomic E-state index is 14.3. The first-order chi connectivity index (χ1) is 24.1. The van der Waals surface area contributed by atoms with E-state index in [-0.39, 0.29) is 25.2 Å². The van der Waals surface area contributed by atoms with E-state index < -0.39 is 43.9 Å². The van der Waals surface area contributed by atoms with Crippen LogP contribution in [0, 0.1) is 5.92 Å². The summed E-state index contributed by atoms with van der Waals surface area (Å²) in [5.74, 6) is -0.709. The second-order valence-electron chi connectivity index (χ2n) is 14.9. The number of aliphatic hydroxyl groups excluding tert-OH is 1. The lowest BCUT2D eigenvalue weighted by Gasteiger charge is -2.39. The Morgan fingerprint density at radius 2 is 1.73 bits per heavy atom. The molecule has 0 bridgehead atoms. The highest BCUT2D eigenvalue weighted by atomic mass is 32.2. The van der Waals surface area contributed by atoms with Gasteiger partial charge in [0.15, 0.2) is 5.78 Å². The minimum Gasteiger partial charge on any atom is -0.393 e. The fourth-order valence-corrected chi connectivity index (χ4v) is 9.48. The summed E-state index contributed by atoms with van der Waals surface area (Å²) in [5, 5.41) is 12.7. The summed E-state index contributed by atoms with van der Waals surface area (Å²) >= 11 is 0. The monoisotopic (exact) mass is 724 g/mol. The molecule has 1 N–H and O–H groups in total. The third-order valence-electron chi connectivity index (χ3n) is 11.2. The molecule has 7 nitrogen and oxygen atoms in total. The Balaban J connectivity index is 1.32. The second kappa shape index (κ2) is 14.0. The Labute approximate surface area is 298 Å². The van der Waals surface area contributed by atoms with Crippen LogP contribution in [0.4, 0.5) is 18.9 Å². The lowest BCUT2D eigenvalue weighted by atomic mass is 9.69. The van der Waals surface area contributed by atoms with Gasteiger partial charge in [0.25, 0.3) is 0 Å². The van der Waals surface area contributed by atoms with Crippen LogP contribution in [0.3, 0.4) is 0 Å². The van der Waals surface area contributed by atoms with Gasteiger partial charge in [-0.25, -0.2) is 8.42 Å². The number of aryl methyl sites for hydroxylation is 1. The summed E-state index contributed by atoms with van der Waals surface area (Å²) in [4.78, 5) is 14.3. The van der Waals surface area contributed by atoms with Crippen molar-refractivity contribution in [3.05, 3.63) is 101 Å². The quantitative estimate of drug-likeness (QED) is 0.158. The Morgan fingerprint density at radius 1 is 1.02 bits per heavy atom. The zero-order chi connectivity index (χ0) is 36.8.